The number of aromatic nitrogens is 1. The number of nitrogens with one attached hydrogen (secondary N) is 2. The van der Waals surface area contributed by atoms with E-state index in [1.54, 1.807) is 18.2 Å². The van der Waals surface area contributed by atoms with Gasteiger partial charge in [0.1, 0.15) is 11.4 Å². The number of rotatable bonds is 0. The number of pyridine rings is 1. The Morgan fingerprint density at radius 3 is 1.20 bits per heavy atom. The molecule has 7 heterocycles. The number of amides is 2. The molecular weight excluding hydrogens is 586 g/mol. The maximum atomic E-state index is 12.9. The van der Waals surface area contributed by atoms with Crippen molar-refractivity contribution in [1.82, 2.24) is 25.4 Å². The van der Waals surface area contributed by atoms with Gasteiger partial charge >= 0.3 is 0 Å². The van der Waals surface area contributed by atoms with E-state index < -0.39 is 0 Å². The summed E-state index contributed by atoms with van der Waals surface area (Å²) in [6.07, 6.45) is 0. The fourth-order valence-corrected chi connectivity index (χ4v) is 5.23. The molecule has 2 N–H and O–H groups in total. The van der Waals surface area contributed by atoms with Crippen LogP contribution in [0.2, 0.25) is 0 Å². The molecule has 0 unspecified atom stereocenters. The van der Waals surface area contributed by atoms with Gasteiger partial charge < -0.3 is 29.6 Å². The molecule has 9 rings (SSSR count). The third-order valence-electron chi connectivity index (χ3n) is 7.93. The van der Waals surface area contributed by atoms with Crippen LogP contribution in [0.25, 0.3) is 0 Å². The highest BCUT2D eigenvalue weighted by atomic mass is 16.5. The first-order valence-electron chi connectivity index (χ1n) is 16.1. The summed E-state index contributed by atoms with van der Waals surface area (Å²) in [5, 5.41) is 5.83. The molecule has 246 valence electrons. The molecule has 6 aliphatic rings. The van der Waals surface area contributed by atoms with Crippen molar-refractivity contribution < 1.29 is 28.5 Å². The van der Waals surface area contributed by atoms with Crippen molar-refractivity contribution in [2.45, 2.75) is 26.2 Å². The lowest BCUT2D eigenvalue weighted by Gasteiger charge is -2.24. The molecule has 8 bridgehead atoms. The van der Waals surface area contributed by atoms with E-state index in [4.69, 9.17) is 18.9 Å². The first-order chi connectivity index (χ1) is 22.6. The molecule has 1 aromatic heterocycles. The Balaban J connectivity index is 1.32. The lowest BCUT2D eigenvalue weighted by atomic mass is 10.1. The fourth-order valence-electron chi connectivity index (χ4n) is 5.23. The standard InChI is InChI=1S/C35H45N5O6/c41-34-32-2-1-3-33(38-32)35(42)37-25-29-6-10-31(11-7-29)27-40-14-18-45-22-20-43-16-12-39(13-17-44-21-23-46-19-15-40)26-30-8-4-28(5-9-30)24-36-34/h1-11H,12-27H2,(H,36,41)(H,37,42). The van der Waals surface area contributed by atoms with E-state index in [1.807, 2.05) is 24.3 Å². The summed E-state index contributed by atoms with van der Waals surface area (Å²) in [5.41, 5.74) is 4.65. The van der Waals surface area contributed by atoms with Crippen molar-refractivity contribution in [2.24, 2.45) is 0 Å². The molecule has 11 nitrogen and oxygen atoms in total. The smallest absolute Gasteiger partial charge is 0.270 e. The average molecular weight is 632 g/mol. The Morgan fingerprint density at radius 1 is 0.478 bits per heavy atom. The number of ether oxygens (including phenoxy) is 4. The number of benzene rings is 2. The molecule has 1 fully saturated rings. The molecule has 3 aromatic rings. The molecule has 2 aromatic carbocycles. The van der Waals surface area contributed by atoms with E-state index in [9.17, 15) is 9.59 Å². The van der Waals surface area contributed by atoms with Crippen molar-refractivity contribution in [3.05, 3.63) is 100 Å². The maximum absolute atomic E-state index is 12.9. The quantitative estimate of drug-likeness (QED) is 0.387. The first-order valence-corrected chi connectivity index (χ1v) is 16.1. The zero-order valence-electron chi connectivity index (χ0n) is 26.5. The number of hydrogen-bond acceptors (Lipinski definition) is 9. The monoisotopic (exact) mass is 631 g/mol. The molecule has 46 heavy (non-hydrogen) atoms. The molecule has 6 aliphatic heterocycles. The van der Waals surface area contributed by atoms with Crippen molar-refractivity contribution in [3.63, 3.8) is 0 Å². The number of fused-ring (bicyclic) bond motifs is 7. The molecule has 0 saturated carbocycles. The van der Waals surface area contributed by atoms with E-state index >= 15 is 0 Å². The van der Waals surface area contributed by atoms with E-state index in [1.165, 1.54) is 0 Å². The van der Waals surface area contributed by atoms with Crippen LogP contribution < -0.4 is 10.6 Å². The minimum absolute atomic E-state index is 0.196. The van der Waals surface area contributed by atoms with Gasteiger partial charge in [-0.05, 0) is 34.4 Å². The molecule has 0 radical (unpaired) electrons. The van der Waals surface area contributed by atoms with Crippen molar-refractivity contribution in [3.8, 4) is 0 Å². The zero-order valence-corrected chi connectivity index (χ0v) is 26.5. The van der Waals surface area contributed by atoms with Crippen molar-refractivity contribution in [1.29, 1.82) is 0 Å². The van der Waals surface area contributed by atoms with Gasteiger partial charge in [0.25, 0.3) is 11.8 Å². The number of hydrogen-bond donors (Lipinski definition) is 2. The highest BCUT2D eigenvalue weighted by Gasteiger charge is 2.14. The second-order valence-corrected chi connectivity index (χ2v) is 11.4. The molecule has 2 amide bonds. The van der Waals surface area contributed by atoms with Crippen LogP contribution in [0.15, 0.2) is 66.7 Å². The third kappa shape index (κ3) is 11.3. The number of carbonyl (C=O) groups excluding carboxylic acids is 2. The van der Waals surface area contributed by atoms with Crippen LogP contribution in [0, 0.1) is 0 Å². The Hall–Kier alpha value is -3.71. The first kappa shape index (κ1) is 33.6. The summed E-state index contributed by atoms with van der Waals surface area (Å²) < 4.78 is 23.6. The van der Waals surface area contributed by atoms with E-state index in [2.05, 4.69) is 49.7 Å². The predicted octanol–water partition coefficient (Wildman–Crippen LogP) is 2.64. The highest BCUT2D eigenvalue weighted by molar-refractivity contribution is 5.96. The summed E-state index contributed by atoms with van der Waals surface area (Å²) in [6, 6.07) is 21.3. The van der Waals surface area contributed by atoms with E-state index in [0.29, 0.717) is 65.9 Å². The molecule has 11 heteroatoms. The Bertz CT molecular complexity index is 1250. The van der Waals surface area contributed by atoms with Crippen LogP contribution in [0.5, 0.6) is 0 Å². The fraction of sp³-hybridized carbons (Fsp3) is 0.457. The van der Waals surface area contributed by atoms with Gasteiger partial charge in [-0.15, -0.1) is 0 Å². The van der Waals surface area contributed by atoms with Crippen molar-refractivity contribution >= 4 is 11.8 Å². The Morgan fingerprint density at radius 2 is 0.826 bits per heavy atom. The lowest BCUT2D eigenvalue weighted by Crippen LogP contribution is -2.32. The van der Waals surface area contributed by atoms with Crippen molar-refractivity contribution in [2.75, 3.05) is 79.0 Å². The summed E-state index contributed by atoms with van der Waals surface area (Å²) in [7, 11) is 0. The van der Waals surface area contributed by atoms with Gasteiger partial charge in [-0.1, -0.05) is 54.6 Å². The van der Waals surface area contributed by atoms with E-state index in [0.717, 1.165) is 61.5 Å². The third-order valence-corrected chi connectivity index (χ3v) is 7.93. The summed E-state index contributed by atoms with van der Waals surface area (Å²) in [6.45, 7) is 9.90. The van der Waals surface area contributed by atoms with Gasteiger partial charge in [0, 0.05) is 52.4 Å². The Labute approximate surface area is 271 Å². The molecule has 0 spiro atoms. The van der Waals surface area contributed by atoms with Gasteiger partial charge in [-0.25, -0.2) is 4.98 Å². The number of carbonyl (C=O) groups is 2. The second-order valence-electron chi connectivity index (χ2n) is 11.4. The van der Waals surface area contributed by atoms with Gasteiger partial charge in [0.2, 0.25) is 0 Å². The zero-order chi connectivity index (χ0) is 31.8. The van der Waals surface area contributed by atoms with Gasteiger partial charge in [0.05, 0.1) is 52.9 Å². The summed E-state index contributed by atoms with van der Waals surface area (Å²) in [4.78, 5) is 34.7. The summed E-state index contributed by atoms with van der Waals surface area (Å²) in [5.74, 6) is -0.670. The molecular formula is C35H45N5O6. The van der Waals surface area contributed by atoms with Gasteiger partial charge in [0.15, 0.2) is 0 Å². The van der Waals surface area contributed by atoms with Crippen LogP contribution in [-0.2, 0) is 45.1 Å². The largest absolute Gasteiger partial charge is 0.378 e. The minimum Gasteiger partial charge on any atom is -0.378 e. The minimum atomic E-state index is -0.335. The van der Waals surface area contributed by atoms with Crippen LogP contribution in [0.4, 0.5) is 0 Å². The van der Waals surface area contributed by atoms with Crippen LogP contribution in [0.1, 0.15) is 43.2 Å². The number of nitrogens with zero attached hydrogens (tertiary/aromatic N) is 3. The second kappa shape index (κ2) is 18.4. The van der Waals surface area contributed by atoms with Crippen LogP contribution >= 0.6 is 0 Å². The van der Waals surface area contributed by atoms with Crippen LogP contribution in [-0.4, -0.2) is 106 Å². The van der Waals surface area contributed by atoms with E-state index in [-0.39, 0.29) is 23.2 Å². The summed E-state index contributed by atoms with van der Waals surface area (Å²) >= 11 is 0. The molecule has 0 aliphatic carbocycles. The average Bonchev–Trinajstić information content (AvgIpc) is 3.08. The topological polar surface area (TPSA) is 114 Å². The maximum Gasteiger partial charge on any atom is 0.270 e. The normalized spacial score (nSPS) is 21.9. The molecule has 1 saturated heterocycles. The SMILES string of the molecule is O=C1NCc2ccc(cc2)CN2CCOCCOCCN(CCOCCOCC2)Cc2ccc(cc2)CNC(=O)c2cccc1n2. The van der Waals surface area contributed by atoms with Crippen LogP contribution in [0.3, 0.4) is 0 Å². The molecule has 0 atom stereocenters. The van der Waals surface area contributed by atoms with Gasteiger partial charge in [-0.3, -0.25) is 19.4 Å². The Kier molecular flexibility index (Phi) is 13.5. The predicted molar refractivity (Wildman–Crippen MR) is 173 cm³/mol. The van der Waals surface area contributed by atoms with Gasteiger partial charge in [-0.2, -0.15) is 0 Å². The lowest BCUT2D eigenvalue weighted by molar-refractivity contribution is 0.00624. The highest BCUT2D eigenvalue weighted by Crippen LogP contribution is 2.11.